The van der Waals surface area contributed by atoms with Gasteiger partial charge >= 0.3 is 0 Å². The minimum absolute atomic E-state index is 0.0748. The molecule has 3 heteroatoms. The normalized spacial score (nSPS) is 32.9. The minimum Gasteiger partial charge on any atom is -0.476 e. The van der Waals surface area contributed by atoms with Gasteiger partial charge in [-0.25, -0.2) is 4.99 Å². The number of epoxide rings is 1. The average molecular weight is 245 g/mol. The topological polar surface area (TPSA) is 34.1 Å². The maximum atomic E-state index is 5.85. The van der Waals surface area contributed by atoms with E-state index in [1.165, 1.54) is 11.1 Å². The molecule has 0 aromatic heterocycles. The van der Waals surface area contributed by atoms with Gasteiger partial charge in [0.05, 0.1) is 5.54 Å². The van der Waals surface area contributed by atoms with E-state index >= 15 is 0 Å². The van der Waals surface area contributed by atoms with E-state index in [0.717, 1.165) is 5.90 Å². The maximum absolute atomic E-state index is 5.85. The number of aliphatic imine (C=N–C) groups is 1. The lowest BCUT2D eigenvalue weighted by molar-refractivity contribution is 0.251. The van der Waals surface area contributed by atoms with Gasteiger partial charge in [-0.05, 0) is 33.3 Å². The van der Waals surface area contributed by atoms with Crippen molar-refractivity contribution in [3.63, 3.8) is 0 Å². The van der Waals surface area contributed by atoms with Gasteiger partial charge in [0.25, 0.3) is 0 Å². The molecule has 2 atom stereocenters. The van der Waals surface area contributed by atoms with Crippen molar-refractivity contribution in [3.8, 4) is 0 Å². The second-order valence-corrected chi connectivity index (χ2v) is 6.03. The van der Waals surface area contributed by atoms with Crippen molar-refractivity contribution in [3.05, 3.63) is 35.4 Å². The Hall–Kier alpha value is -1.35. The first-order valence-corrected chi connectivity index (χ1v) is 6.38. The highest BCUT2D eigenvalue weighted by Crippen LogP contribution is 2.51. The molecule has 96 valence electrons. The number of hydrogen-bond donors (Lipinski definition) is 0. The van der Waals surface area contributed by atoms with E-state index in [4.69, 9.17) is 9.47 Å². The number of benzene rings is 1. The quantitative estimate of drug-likeness (QED) is 0.750. The number of aryl methyl sites for hydroxylation is 1. The van der Waals surface area contributed by atoms with E-state index in [1.807, 2.05) is 0 Å². The third kappa shape index (κ3) is 1.83. The first-order chi connectivity index (χ1) is 8.41. The van der Waals surface area contributed by atoms with Crippen LogP contribution in [0.4, 0.5) is 0 Å². The summed E-state index contributed by atoms with van der Waals surface area (Å²) in [6, 6.07) is 8.45. The van der Waals surface area contributed by atoms with Gasteiger partial charge in [0.2, 0.25) is 5.90 Å². The Morgan fingerprint density at radius 2 is 1.83 bits per heavy atom. The van der Waals surface area contributed by atoms with Crippen molar-refractivity contribution in [2.24, 2.45) is 4.99 Å². The molecule has 0 unspecified atom stereocenters. The smallest absolute Gasteiger partial charge is 0.220 e. The zero-order valence-corrected chi connectivity index (χ0v) is 11.4. The summed E-state index contributed by atoms with van der Waals surface area (Å²) in [5.74, 6) is 0.748. The van der Waals surface area contributed by atoms with Crippen LogP contribution in [0, 0.1) is 6.92 Å². The molecule has 3 nitrogen and oxygen atoms in total. The summed E-state index contributed by atoms with van der Waals surface area (Å²) in [7, 11) is 0. The molecule has 0 radical (unpaired) electrons. The Kier molecular flexibility index (Phi) is 2.33. The van der Waals surface area contributed by atoms with Crippen molar-refractivity contribution < 1.29 is 9.47 Å². The molecule has 0 spiro atoms. The van der Waals surface area contributed by atoms with Gasteiger partial charge in [-0.15, -0.1) is 0 Å². The van der Waals surface area contributed by atoms with Crippen LogP contribution in [0.1, 0.15) is 38.0 Å². The Labute approximate surface area is 108 Å². The fourth-order valence-electron chi connectivity index (χ4n) is 2.34. The van der Waals surface area contributed by atoms with E-state index in [1.54, 1.807) is 0 Å². The third-order valence-corrected chi connectivity index (χ3v) is 3.58. The summed E-state index contributed by atoms with van der Waals surface area (Å²) >= 11 is 0. The van der Waals surface area contributed by atoms with Gasteiger partial charge < -0.3 is 9.47 Å². The lowest BCUT2D eigenvalue weighted by Gasteiger charge is -2.07. The summed E-state index contributed by atoms with van der Waals surface area (Å²) in [5, 5.41) is 0. The van der Waals surface area contributed by atoms with Crippen molar-refractivity contribution in [2.45, 2.75) is 44.9 Å². The van der Waals surface area contributed by atoms with Gasteiger partial charge in [-0.2, -0.15) is 0 Å². The Bertz CT molecular complexity index is 504. The number of hydrogen-bond acceptors (Lipinski definition) is 3. The second kappa shape index (κ2) is 3.58. The average Bonchev–Trinajstić information content (AvgIpc) is 2.85. The molecule has 2 heterocycles. The molecule has 2 aliphatic rings. The SMILES string of the molecule is Cc1ccc([C@@H]2O[C@]2(C)C2=NC(C)(C)CO2)cc1. The van der Waals surface area contributed by atoms with E-state index < -0.39 is 0 Å². The van der Waals surface area contributed by atoms with Crippen molar-refractivity contribution in [1.82, 2.24) is 0 Å². The van der Waals surface area contributed by atoms with Crippen molar-refractivity contribution in [2.75, 3.05) is 6.61 Å². The predicted molar refractivity (Wildman–Crippen MR) is 70.9 cm³/mol. The first kappa shape index (κ1) is 11.7. The van der Waals surface area contributed by atoms with Gasteiger partial charge in [-0.1, -0.05) is 29.8 Å². The largest absolute Gasteiger partial charge is 0.476 e. The van der Waals surface area contributed by atoms with Crippen LogP contribution in [0.15, 0.2) is 29.3 Å². The van der Waals surface area contributed by atoms with Gasteiger partial charge in [0.15, 0.2) is 5.60 Å². The fraction of sp³-hybridized carbons (Fsp3) is 0.533. The summed E-state index contributed by atoms with van der Waals surface area (Å²) in [6.07, 6.45) is 0.0748. The zero-order valence-electron chi connectivity index (χ0n) is 11.4. The van der Waals surface area contributed by atoms with E-state index in [9.17, 15) is 0 Å². The molecule has 1 aromatic rings. The van der Waals surface area contributed by atoms with Crippen LogP contribution in [0.3, 0.4) is 0 Å². The highest BCUT2D eigenvalue weighted by atomic mass is 16.6. The first-order valence-electron chi connectivity index (χ1n) is 6.38. The Morgan fingerprint density at radius 1 is 1.17 bits per heavy atom. The Balaban J connectivity index is 1.82. The van der Waals surface area contributed by atoms with Crippen molar-refractivity contribution in [1.29, 1.82) is 0 Å². The summed E-state index contributed by atoms with van der Waals surface area (Å²) in [5.41, 5.74) is 1.96. The summed E-state index contributed by atoms with van der Waals surface area (Å²) in [6.45, 7) is 8.93. The van der Waals surface area contributed by atoms with Crippen LogP contribution in [0.2, 0.25) is 0 Å². The molecule has 0 bridgehead atoms. The summed E-state index contributed by atoms with van der Waals surface area (Å²) < 4.78 is 11.5. The number of nitrogens with zero attached hydrogens (tertiary/aromatic N) is 1. The molecular formula is C15H19NO2. The third-order valence-electron chi connectivity index (χ3n) is 3.58. The van der Waals surface area contributed by atoms with Crippen LogP contribution in [0.25, 0.3) is 0 Å². The monoisotopic (exact) mass is 245 g/mol. The summed E-state index contributed by atoms with van der Waals surface area (Å²) in [4.78, 5) is 4.62. The molecule has 1 fully saturated rings. The maximum Gasteiger partial charge on any atom is 0.220 e. The van der Waals surface area contributed by atoms with E-state index in [0.29, 0.717) is 6.61 Å². The van der Waals surface area contributed by atoms with Crippen LogP contribution in [-0.4, -0.2) is 23.6 Å². The molecule has 0 N–H and O–H groups in total. The molecular weight excluding hydrogens is 226 g/mol. The van der Waals surface area contributed by atoms with Crippen LogP contribution < -0.4 is 0 Å². The second-order valence-electron chi connectivity index (χ2n) is 6.03. The van der Waals surface area contributed by atoms with Crippen molar-refractivity contribution >= 4 is 5.90 Å². The van der Waals surface area contributed by atoms with Gasteiger partial charge in [-0.3, -0.25) is 0 Å². The molecule has 18 heavy (non-hydrogen) atoms. The number of ether oxygens (including phenoxy) is 2. The predicted octanol–water partition coefficient (Wildman–Crippen LogP) is 3.03. The van der Waals surface area contributed by atoms with Crippen LogP contribution in [0.5, 0.6) is 0 Å². The van der Waals surface area contributed by atoms with E-state index in [2.05, 4.69) is 57.0 Å². The fourth-order valence-corrected chi connectivity index (χ4v) is 2.34. The lowest BCUT2D eigenvalue weighted by Crippen LogP contribution is -2.21. The van der Waals surface area contributed by atoms with Gasteiger partial charge in [0.1, 0.15) is 12.7 Å². The number of rotatable bonds is 2. The van der Waals surface area contributed by atoms with Gasteiger partial charge in [0, 0.05) is 0 Å². The molecule has 3 rings (SSSR count). The molecule has 0 saturated carbocycles. The molecule has 0 aliphatic carbocycles. The van der Waals surface area contributed by atoms with E-state index in [-0.39, 0.29) is 17.2 Å². The standard InChI is InChI=1S/C15H19NO2/c1-10-5-7-11(8-6-10)12-15(4,18-12)13-16-14(2,3)9-17-13/h5-8,12H,9H2,1-4H3/t12-,15-/m0/s1. The molecule has 0 amide bonds. The molecule has 1 saturated heterocycles. The zero-order chi connectivity index (χ0) is 13.0. The Morgan fingerprint density at radius 3 is 2.39 bits per heavy atom. The van der Waals surface area contributed by atoms with Crippen LogP contribution in [-0.2, 0) is 9.47 Å². The highest BCUT2D eigenvalue weighted by molar-refractivity contribution is 5.90. The molecule has 2 aliphatic heterocycles. The molecule has 1 aromatic carbocycles. The highest BCUT2D eigenvalue weighted by Gasteiger charge is 2.60. The minimum atomic E-state index is -0.372. The van der Waals surface area contributed by atoms with Crippen LogP contribution >= 0.6 is 0 Å². The lowest BCUT2D eigenvalue weighted by atomic mass is 10.00.